The lowest BCUT2D eigenvalue weighted by Crippen LogP contribution is -2.40. The van der Waals surface area contributed by atoms with Crippen molar-refractivity contribution in [1.29, 1.82) is 0 Å². The zero-order valence-corrected chi connectivity index (χ0v) is 13.1. The van der Waals surface area contributed by atoms with Crippen LogP contribution in [0.5, 0.6) is 5.75 Å². The van der Waals surface area contributed by atoms with Crippen LogP contribution in [-0.4, -0.2) is 28.6 Å². The molecule has 3 atom stereocenters. The number of hydrazine groups is 1. The minimum Gasteiger partial charge on any atom is -0.494 e. The van der Waals surface area contributed by atoms with Crippen LogP contribution in [-0.2, 0) is 0 Å². The van der Waals surface area contributed by atoms with Gasteiger partial charge in [0.15, 0.2) is 0 Å². The Kier molecular flexibility index (Phi) is 5.88. The van der Waals surface area contributed by atoms with Gasteiger partial charge in [-0.15, -0.1) is 0 Å². The summed E-state index contributed by atoms with van der Waals surface area (Å²) in [5.41, 5.74) is 4.21. The summed E-state index contributed by atoms with van der Waals surface area (Å²) in [6.45, 7) is 4.98. The van der Waals surface area contributed by atoms with Crippen LogP contribution in [0.3, 0.4) is 0 Å². The summed E-state index contributed by atoms with van der Waals surface area (Å²) in [5.74, 6) is 9.16. The second kappa shape index (κ2) is 7.43. The lowest BCUT2D eigenvalue weighted by Gasteiger charge is -2.34. The lowest BCUT2D eigenvalue weighted by atomic mass is 10.0. The highest BCUT2D eigenvalue weighted by atomic mass is 32.2. The summed E-state index contributed by atoms with van der Waals surface area (Å²) >= 11 is 4.05. The first kappa shape index (κ1) is 15.0. The second-order valence-electron chi connectivity index (χ2n) is 4.56. The van der Waals surface area contributed by atoms with Crippen molar-refractivity contribution in [1.82, 2.24) is 5.43 Å². The van der Waals surface area contributed by atoms with Gasteiger partial charge in [-0.1, -0.05) is 19.1 Å². The van der Waals surface area contributed by atoms with Gasteiger partial charge < -0.3 is 4.74 Å². The smallest absolute Gasteiger partial charge is 0.119 e. The molecule has 0 aromatic heterocycles. The number of ether oxygens (including phenoxy) is 1. The maximum atomic E-state index is 5.81. The molecular formula is C14H22N2OS2. The van der Waals surface area contributed by atoms with E-state index < -0.39 is 0 Å². The van der Waals surface area contributed by atoms with Crippen LogP contribution in [0.2, 0.25) is 0 Å². The Morgan fingerprint density at radius 2 is 2.21 bits per heavy atom. The molecule has 1 aliphatic heterocycles. The average molecular weight is 298 g/mol. The van der Waals surface area contributed by atoms with Gasteiger partial charge in [-0.3, -0.25) is 11.3 Å². The maximum absolute atomic E-state index is 5.81. The van der Waals surface area contributed by atoms with E-state index in [4.69, 9.17) is 10.6 Å². The molecular weight excluding hydrogens is 276 g/mol. The first-order valence-corrected chi connectivity index (χ1v) is 8.78. The molecule has 0 radical (unpaired) electrons. The van der Waals surface area contributed by atoms with Crippen molar-refractivity contribution in [2.45, 2.75) is 30.4 Å². The maximum Gasteiger partial charge on any atom is 0.119 e. The van der Waals surface area contributed by atoms with Crippen molar-refractivity contribution < 1.29 is 4.74 Å². The molecule has 0 bridgehead atoms. The lowest BCUT2D eigenvalue weighted by molar-refractivity contribution is 0.339. The summed E-state index contributed by atoms with van der Waals surface area (Å²) in [6.07, 6.45) is 0. The quantitative estimate of drug-likeness (QED) is 0.646. The van der Waals surface area contributed by atoms with E-state index in [1.54, 1.807) is 0 Å². The summed E-state index contributed by atoms with van der Waals surface area (Å²) in [5, 5.41) is 1.11. The number of benzene rings is 1. The van der Waals surface area contributed by atoms with E-state index in [1.807, 2.05) is 42.6 Å². The third-order valence-corrected chi connectivity index (χ3v) is 6.47. The largest absolute Gasteiger partial charge is 0.494 e. The predicted octanol–water partition coefficient (Wildman–Crippen LogP) is 2.83. The van der Waals surface area contributed by atoms with E-state index in [2.05, 4.69) is 24.5 Å². The Bertz CT molecular complexity index is 403. The molecule has 2 rings (SSSR count). The number of nitrogens with two attached hydrogens (primary N) is 1. The van der Waals surface area contributed by atoms with Crippen LogP contribution >= 0.6 is 23.5 Å². The van der Waals surface area contributed by atoms with Crippen LogP contribution in [0.25, 0.3) is 0 Å². The van der Waals surface area contributed by atoms with Crippen molar-refractivity contribution in [2.24, 2.45) is 5.84 Å². The Balaban J connectivity index is 2.18. The van der Waals surface area contributed by atoms with E-state index in [1.165, 1.54) is 17.1 Å². The van der Waals surface area contributed by atoms with Crippen molar-refractivity contribution >= 4 is 23.5 Å². The van der Waals surface area contributed by atoms with Crippen LogP contribution in [0.4, 0.5) is 0 Å². The molecule has 5 heteroatoms. The van der Waals surface area contributed by atoms with E-state index in [-0.39, 0.29) is 6.04 Å². The summed E-state index contributed by atoms with van der Waals surface area (Å²) in [7, 11) is 0. The van der Waals surface area contributed by atoms with Gasteiger partial charge in [0.05, 0.1) is 12.6 Å². The average Bonchev–Trinajstić information content (AvgIpc) is 2.43. The highest BCUT2D eigenvalue weighted by Crippen LogP contribution is 2.38. The molecule has 3 N–H and O–H groups in total. The summed E-state index contributed by atoms with van der Waals surface area (Å²) in [4.78, 5) is 0. The number of nitrogens with one attached hydrogen (secondary N) is 1. The van der Waals surface area contributed by atoms with E-state index in [0.29, 0.717) is 17.1 Å². The molecule has 1 aromatic rings. The van der Waals surface area contributed by atoms with Gasteiger partial charge in [0.1, 0.15) is 5.75 Å². The van der Waals surface area contributed by atoms with Crippen LogP contribution in [0, 0.1) is 0 Å². The van der Waals surface area contributed by atoms with Crippen LogP contribution in [0.1, 0.15) is 25.5 Å². The fourth-order valence-corrected chi connectivity index (χ4v) is 5.29. The Morgan fingerprint density at radius 3 is 2.89 bits per heavy atom. The SMILES string of the molecule is CCOc1cccc(C(NN)C2SCCSC2C)c1. The van der Waals surface area contributed by atoms with Gasteiger partial charge in [0, 0.05) is 22.0 Å². The number of hydrogen-bond donors (Lipinski definition) is 2. The van der Waals surface area contributed by atoms with Crippen molar-refractivity contribution in [2.75, 3.05) is 18.1 Å². The van der Waals surface area contributed by atoms with Gasteiger partial charge in [0.25, 0.3) is 0 Å². The molecule has 0 aliphatic carbocycles. The summed E-state index contributed by atoms with van der Waals surface area (Å²) < 4.78 is 5.57. The zero-order valence-electron chi connectivity index (χ0n) is 11.5. The van der Waals surface area contributed by atoms with E-state index in [9.17, 15) is 0 Å². The predicted molar refractivity (Wildman–Crippen MR) is 85.8 cm³/mol. The molecule has 0 saturated carbocycles. The van der Waals surface area contributed by atoms with E-state index >= 15 is 0 Å². The first-order chi connectivity index (χ1) is 9.26. The zero-order chi connectivity index (χ0) is 13.7. The third-order valence-electron chi connectivity index (χ3n) is 3.27. The molecule has 1 fully saturated rings. The molecule has 19 heavy (non-hydrogen) atoms. The highest BCUT2D eigenvalue weighted by Gasteiger charge is 2.30. The van der Waals surface area contributed by atoms with Crippen LogP contribution < -0.4 is 16.0 Å². The monoisotopic (exact) mass is 298 g/mol. The van der Waals surface area contributed by atoms with Gasteiger partial charge in [-0.25, -0.2) is 0 Å². The van der Waals surface area contributed by atoms with Crippen molar-refractivity contribution in [3.05, 3.63) is 29.8 Å². The molecule has 106 valence electrons. The van der Waals surface area contributed by atoms with Crippen molar-refractivity contribution in [3.63, 3.8) is 0 Å². The minimum absolute atomic E-state index is 0.174. The topological polar surface area (TPSA) is 47.3 Å². The fourth-order valence-electron chi connectivity index (χ4n) is 2.36. The van der Waals surface area contributed by atoms with Gasteiger partial charge in [-0.05, 0) is 24.6 Å². The normalized spacial score (nSPS) is 25.0. The van der Waals surface area contributed by atoms with Gasteiger partial charge in [0.2, 0.25) is 0 Å². The number of thioether (sulfide) groups is 2. The highest BCUT2D eigenvalue weighted by molar-refractivity contribution is 8.07. The third kappa shape index (κ3) is 3.81. The molecule has 1 heterocycles. The second-order valence-corrected chi connectivity index (χ2v) is 7.33. The molecule has 0 amide bonds. The van der Waals surface area contributed by atoms with Gasteiger partial charge >= 0.3 is 0 Å². The van der Waals surface area contributed by atoms with E-state index in [0.717, 1.165) is 5.75 Å². The fraction of sp³-hybridized carbons (Fsp3) is 0.571. The molecule has 1 saturated heterocycles. The van der Waals surface area contributed by atoms with Gasteiger partial charge in [-0.2, -0.15) is 23.5 Å². The Hall–Kier alpha value is -0.360. The molecule has 0 spiro atoms. The Morgan fingerprint density at radius 1 is 1.42 bits per heavy atom. The molecule has 3 nitrogen and oxygen atoms in total. The number of rotatable bonds is 5. The summed E-state index contributed by atoms with van der Waals surface area (Å²) in [6, 6.07) is 8.43. The standard InChI is InChI=1S/C14H22N2OS2/c1-3-17-12-6-4-5-11(9-12)13(16-15)14-10(2)18-7-8-19-14/h4-6,9-10,13-14,16H,3,7-8,15H2,1-2H3. The molecule has 1 aromatic carbocycles. The minimum atomic E-state index is 0.174. The van der Waals surface area contributed by atoms with Crippen LogP contribution in [0.15, 0.2) is 24.3 Å². The first-order valence-electron chi connectivity index (χ1n) is 6.68. The number of hydrogen-bond acceptors (Lipinski definition) is 5. The molecule has 3 unspecified atom stereocenters. The van der Waals surface area contributed by atoms with Crippen molar-refractivity contribution in [3.8, 4) is 5.75 Å². The molecule has 1 aliphatic rings. The Labute approximate surface area is 124 Å².